The van der Waals surface area contributed by atoms with Crippen LogP contribution in [0.1, 0.15) is 49.5 Å². The summed E-state index contributed by atoms with van der Waals surface area (Å²) in [6, 6.07) is 3.43. The molecule has 0 saturated carbocycles. The molecule has 0 aliphatic rings. The average Bonchev–Trinajstić information content (AvgIpc) is 2.26. The van der Waals surface area contributed by atoms with E-state index in [-0.39, 0.29) is 12.0 Å². The summed E-state index contributed by atoms with van der Waals surface area (Å²) in [5, 5.41) is 0. The topological polar surface area (TPSA) is 61.5 Å². The van der Waals surface area contributed by atoms with E-state index in [2.05, 4.69) is 0 Å². The third kappa shape index (κ3) is 3.15. The fraction of sp³-hybridized carbons (Fsp3) is 0.500. The zero-order valence-electron chi connectivity index (χ0n) is 11.6. The van der Waals surface area contributed by atoms with Crippen molar-refractivity contribution in [1.82, 2.24) is 0 Å². The van der Waals surface area contributed by atoms with Crippen LogP contribution in [-0.4, -0.2) is 19.2 Å². The maximum absolute atomic E-state index is 11.9. The minimum absolute atomic E-state index is 0.165. The van der Waals surface area contributed by atoms with Gasteiger partial charge in [-0.25, -0.2) is 4.79 Å². The van der Waals surface area contributed by atoms with Gasteiger partial charge >= 0.3 is 5.97 Å². The number of esters is 1. The highest BCUT2D eigenvalue weighted by Gasteiger charge is 2.18. The lowest BCUT2D eigenvalue weighted by Crippen LogP contribution is -2.14. The van der Waals surface area contributed by atoms with Gasteiger partial charge in [0.25, 0.3) is 0 Å². The minimum atomic E-state index is -0.396. The van der Waals surface area contributed by atoms with Crippen LogP contribution in [0.4, 0.5) is 5.69 Å². The minimum Gasteiger partial charge on any atom is -0.496 e. The van der Waals surface area contributed by atoms with Crippen molar-refractivity contribution >= 4 is 11.7 Å². The lowest BCUT2D eigenvalue weighted by Gasteiger charge is -2.16. The second kappa shape index (κ2) is 5.76. The lowest BCUT2D eigenvalue weighted by molar-refractivity contribution is 0.0379. The molecule has 0 radical (unpaired) electrons. The molecule has 4 nitrogen and oxygen atoms in total. The van der Waals surface area contributed by atoms with Crippen LogP contribution >= 0.6 is 0 Å². The number of methoxy groups -OCH3 is 1. The number of benzene rings is 1. The molecule has 18 heavy (non-hydrogen) atoms. The van der Waals surface area contributed by atoms with E-state index in [1.807, 2.05) is 13.8 Å². The van der Waals surface area contributed by atoms with E-state index in [1.165, 1.54) is 0 Å². The highest BCUT2D eigenvalue weighted by atomic mass is 16.5. The van der Waals surface area contributed by atoms with Gasteiger partial charge in [0.2, 0.25) is 0 Å². The Morgan fingerprint density at radius 2 is 1.83 bits per heavy atom. The maximum atomic E-state index is 11.9. The molecule has 0 unspecified atom stereocenters. The van der Waals surface area contributed by atoms with Gasteiger partial charge in [-0.2, -0.15) is 0 Å². The highest BCUT2D eigenvalue weighted by molar-refractivity contribution is 5.96. The molecule has 0 aliphatic heterocycles. The van der Waals surface area contributed by atoms with Crippen LogP contribution in [-0.2, 0) is 4.74 Å². The summed E-state index contributed by atoms with van der Waals surface area (Å²) < 4.78 is 10.4. The van der Waals surface area contributed by atoms with E-state index in [4.69, 9.17) is 15.2 Å². The van der Waals surface area contributed by atoms with Gasteiger partial charge in [0, 0.05) is 11.8 Å². The smallest absolute Gasteiger partial charge is 0.340 e. The van der Waals surface area contributed by atoms with Gasteiger partial charge in [-0.1, -0.05) is 13.8 Å². The number of carbonyl (C=O) groups is 1. The van der Waals surface area contributed by atoms with Crippen molar-refractivity contribution in [3.8, 4) is 5.75 Å². The van der Waals surface area contributed by atoms with Crippen molar-refractivity contribution < 1.29 is 14.3 Å². The van der Waals surface area contributed by atoms with E-state index >= 15 is 0 Å². The summed E-state index contributed by atoms with van der Waals surface area (Å²) in [5.74, 6) is 0.543. The highest BCUT2D eigenvalue weighted by Crippen LogP contribution is 2.31. The summed E-state index contributed by atoms with van der Waals surface area (Å²) in [6.45, 7) is 7.68. The van der Waals surface area contributed by atoms with Gasteiger partial charge in [0.1, 0.15) is 5.75 Å². The molecule has 0 bridgehead atoms. The van der Waals surface area contributed by atoms with Crippen molar-refractivity contribution in [2.75, 3.05) is 12.8 Å². The lowest BCUT2D eigenvalue weighted by atomic mass is 9.98. The molecule has 1 rings (SSSR count). The molecule has 0 amide bonds. The number of ether oxygens (including phenoxy) is 2. The van der Waals surface area contributed by atoms with Crippen LogP contribution in [0, 0.1) is 0 Å². The fourth-order valence-electron chi connectivity index (χ4n) is 1.69. The molecular formula is C14H21NO3. The van der Waals surface area contributed by atoms with Crippen molar-refractivity contribution in [1.29, 1.82) is 0 Å². The zero-order valence-corrected chi connectivity index (χ0v) is 11.6. The Balaban J connectivity index is 3.21. The normalized spacial score (nSPS) is 10.8. The molecule has 4 heteroatoms. The number of hydrogen-bond acceptors (Lipinski definition) is 4. The Morgan fingerprint density at radius 1 is 1.22 bits per heavy atom. The number of hydrogen-bond donors (Lipinski definition) is 1. The predicted molar refractivity (Wildman–Crippen MR) is 72.0 cm³/mol. The molecule has 0 heterocycles. The van der Waals surface area contributed by atoms with Gasteiger partial charge in [-0.15, -0.1) is 0 Å². The summed E-state index contributed by atoms with van der Waals surface area (Å²) in [7, 11) is 1.59. The molecule has 1 aromatic carbocycles. The second-order valence-corrected chi connectivity index (χ2v) is 4.79. The Labute approximate surface area is 108 Å². The number of anilines is 1. The molecule has 0 atom stereocenters. The van der Waals surface area contributed by atoms with Gasteiger partial charge in [0.15, 0.2) is 0 Å². The van der Waals surface area contributed by atoms with Crippen LogP contribution in [0.15, 0.2) is 12.1 Å². The average molecular weight is 251 g/mol. The molecule has 100 valence electrons. The first kappa shape index (κ1) is 14.4. The molecule has 0 aliphatic carbocycles. The van der Waals surface area contributed by atoms with Crippen molar-refractivity contribution in [2.45, 2.75) is 39.7 Å². The summed E-state index contributed by atoms with van der Waals surface area (Å²) >= 11 is 0. The summed E-state index contributed by atoms with van der Waals surface area (Å²) in [5.41, 5.74) is 7.58. The molecule has 0 aromatic heterocycles. The largest absolute Gasteiger partial charge is 0.496 e. The van der Waals surface area contributed by atoms with E-state index in [1.54, 1.807) is 33.1 Å². The summed E-state index contributed by atoms with van der Waals surface area (Å²) in [4.78, 5) is 11.9. The number of rotatable bonds is 4. The zero-order chi connectivity index (χ0) is 13.9. The van der Waals surface area contributed by atoms with Gasteiger partial charge in [0.05, 0.1) is 18.8 Å². The summed E-state index contributed by atoms with van der Waals surface area (Å²) in [6.07, 6.45) is -0.165. The standard InChI is InChI=1S/C14H21NO3/c1-8(2)10-6-11(14(16)18-9(3)4)12(15)7-13(10)17-5/h6-9H,15H2,1-5H3. The van der Waals surface area contributed by atoms with Crippen LogP contribution in [0.2, 0.25) is 0 Å². The molecule has 0 fully saturated rings. The van der Waals surface area contributed by atoms with Gasteiger partial charge in [-0.05, 0) is 31.4 Å². The first-order chi connectivity index (χ1) is 8.36. The monoisotopic (exact) mass is 251 g/mol. The number of nitrogens with two attached hydrogens (primary N) is 1. The fourth-order valence-corrected chi connectivity index (χ4v) is 1.69. The van der Waals surface area contributed by atoms with Gasteiger partial charge < -0.3 is 15.2 Å². The van der Waals surface area contributed by atoms with E-state index in [0.29, 0.717) is 17.0 Å². The number of nitrogen functional groups attached to an aromatic ring is 1. The molecule has 1 aromatic rings. The van der Waals surface area contributed by atoms with Crippen molar-refractivity contribution in [2.24, 2.45) is 0 Å². The number of carbonyl (C=O) groups excluding carboxylic acids is 1. The van der Waals surface area contributed by atoms with Crippen LogP contribution in [0.3, 0.4) is 0 Å². The van der Waals surface area contributed by atoms with E-state index < -0.39 is 5.97 Å². The predicted octanol–water partition coefficient (Wildman–Crippen LogP) is 2.97. The van der Waals surface area contributed by atoms with Crippen LogP contribution in [0.5, 0.6) is 5.75 Å². The maximum Gasteiger partial charge on any atom is 0.340 e. The Bertz CT molecular complexity index is 439. The van der Waals surface area contributed by atoms with Gasteiger partial charge in [-0.3, -0.25) is 0 Å². The van der Waals surface area contributed by atoms with E-state index in [0.717, 1.165) is 5.56 Å². The Morgan fingerprint density at radius 3 is 2.28 bits per heavy atom. The van der Waals surface area contributed by atoms with Crippen molar-refractivity contribution in [3.05, 3.63) is 23.3 Å². The molecule has 0 spiro atoms. The first-order valence-corrected chi connectivity index (χ1v) is 6.05. The van der Waals surface area contributed by atoms with Crippen LogP contribution in [0.25, 0.3) is 0 Å². The van der Waals surface area contributed by atoms with Crippen LogP contribution < -0.4 is 10.5 Å². The molecule has 2 N–H and O–H groups in total. The SMILES string of the molecule is COc1cc(N)c(C(=O)OC(C)C)cc1C(C)C. The molecule has 0 saturated heterocycles. The third-order valence-electron chi connectivity index (χ3n) is 2.59. The Hall–Kier alpha value is -1.71. The molecular weight excluding hydrogens is 230 g/mol. The quantitative estimate of drug-likeness (QED) is 0.660. The second-order valence-electron chi connectivity index (χ2n) is 4.79. The third-order valence-corrected chi connectivity index (χ3v) is 2.59. The first-order valence-electron chi connectivity index (χ1n) is 6.05. The van der Waals surface area contributed by atoms with Crippen molar-refractivity contribution in [3.63, 3.8) is 0 Å². The Kier molecular flexibility index (Phi) is 4.59. The van der Waals surface area contributed by atoms with E-state index in [9.17, 15) is 4.79 Å².